The van der Waals surface area contributed by atoms with Gasteiger partial charge in [0.05, 0.1) is 30.0 Å². The van der Waals surface area contributed by atoms with Crippen LogP contribution in [0, 0.1) is 0 Å². The number of para-hydroxylation sites is 1. The first kappa shape index (κ1) is 23.1. The molecule has 0 aliphatic carbocycles. The van der Waals surface area contributed by atoms with Crippen molar-refractivity contribution in [1.82, 2.24) is 15.0 Å². The lowest BCUT2D eigenvalue weighted by atomic mass is 9.92. The molecule has 9 heteroatoms. The summed E-state index contributed by atoms with van der Waals surface area (Å²) in [6.45, 7) is 0.0764. The average molecular weight is 554 g/mol. The summed E-state index contributed by atoms with van der Waals surface area (Å²) in [5, 5.41) is 8.45. The molecule has 3 aromatic carbocycles. The molecule has 1 fully saturated rings. The zero-order valence-corrected chi connectivity index (χ0v) is 21.0. The smallest absolute Gasteiger partial charge is 0.299 e. The van der Waals surface area contributed by atoms with Crippen molar-refractivity contribution in [1.29, 1.82) is 0 Å². The molecule has 4 aromatic rings. The lowest BCUT2D eigenvalue weighted by molar-refractivity contribution is -0.128. The number of aromatic nitrogens is 3. The average Bonchev–Trinajstić information content (AvgIpc) is 3.46. The monoisotopic (exact) mass is 553 g/mol. The summed E-state index contributed by atoms with van der Waals surface area (Å²) in [6.07, 6.45) is 5.65. The quantitative estimate of drug-likeness (QED) is 0.260. The number of fused-ring (bicyclic) bond motifs is 1. The van der Waals surface area contributed by atoms with Gasteiger partial charge in [0.15, 0.2) is 6.04 Å². The Morgan fingerprint density at radius 1 is 0.919 bits per heavy atom. The fourth-order valence-corrected chi connectivity index (χ4v) is 5.09. The van der Waals surface area contributed by atoms with E-state index in [4.69, 9.17) is 0 Å². The van der Waals surface area contributed by atoms with Crippen molar-refractivity contribution >= 4 is 51.0 Å². The van der Waals surface area contributed by atoms with E-state index >= 15 is 0 Å². The Bertz CT molecular complexity index is 1550. The van der Waals surface area contributed by atoms with Crippen LogP contribution >= 0.6 is 15.9 Å². The number of Topliss-reactive ketones (excluding diaryl/α,β-unsaturated/α-hetero) is 1. The van der Waals surface area contributed by atoms with Gasteiger partial charge in [-0.15, -0.1) is 5.10 Å². The Labute approximate surface area is 220 Å². The molecule has 6 rings (SSSR count). The van der Waals surface area contributed by atoms with Crippen LogP contribution in [0.25, 0.3) is 6.08 Å². The first-order valence-corrected chi connectivity index (χ1v) is 12.5. The number of carbonyl (C=O) groups excluding carboxylic acids is 3. The minimum Gasteiger partial charge on any atom is -0.301 e. The van der Waals surface area contributed by atoms with Crippen LogP contribution in [-0.4, -0.2) is 38.6 Å². The van der Waals surface area contributed by atoms with Crippen molar-refractivity contribution in [3.8, 4) is 0 Å². The topological polar surface area (TPSA) is 88.4 Å². The van der Waals surface area contributed by atoms with E-state index in [1.807, 2.05) is 72.8 Å². The number of hydrogen-bond donors (Lipinski definition) is 0. The van der Waals surface area contributed by atoms with Crippen LogP contribution in [0.15, 0.2) is 95.6 Å². The summed E-state index contributed by atoms with van der Waals surface area (Å²) < 4.78 is 2.27. The fraction of sp³-hybridized carbons (Fsp3) is 0.107. The number of amides is 2. The minimum atomic E-state index is -0.610. The number of halogens is 1. The van der Waals surface area contributed by atoms with Gasteiger partial charge in [0.2, 0.25) is 0 Å². The molecule has 182 valence electrons. The summed E-state index contributed by atoms with van der Waals surface area (Å²) in [4.78, 5) is 41.5. The molecule has 3 heterocycles. The maximum Gasteiger partial charge on any atom is 0.299 e. The summed E-state index contributed by atoms with van der Waals surface area (Å²) in [5.41, 5.74) is 3.19. The number of ketones is 1. The third-order valence-corrected chi connectivity index (χ3v) is 7.02. The van der Waals surface area contributed by atoms with E-state index in [-0.39, 0.29) is 18.5 Å². The number of hydrogen-bond acceptors (Lipinski definition) is 5. The van der Waals surface area contributed by atoms with Crippen LogP contribution in [-0.2, 0) is 16.1 Å². The number of anilines is 2. The predicted octanol–water partition coefficient (Wildman–Crippen LogP) is 4.44. The molecule has 0 bridgehead atoms. The van der Waals surface area contributed by atoms with Crippen molar-refractivity contribution in [2.45, 2.75) is 18.6 Å². The molecular weight excluding hydrogens is 534 g/mol. The summed E-state index contributed by atoms with van der Waals surface area (Å²) >= 11 is 3.34. The maximum absolute atomic E-state index is 13.3. The zero-order valence-electron chi connectivity index (χ0n) is 19.4. The van der Waals surface area contributed by atoms with Crippen molar-refractivity contribution in [3.05, 3.63) is 112 Å². The second-order valence-corrected chi connectivity index (χ2v) is 9.74. The summed E-state index contributed by atoms with van der Waals surface area (Å²) in [6, 6.07) is 23.7. The van der Waals surface area contributed by atoms with Crippen molar-refractivity contribution in [3.63, 3.8) is 0 Å². The first-order valence-electron chi connectivity index (χ1n) is 11.7. The third-order valence-electron chi connectivity index (χ3n) is 6.53. The van der Waals surface area contributed by atoms with Crippen LogP contribution in [0.4, 0.5) is 11.4 Å². The second-order valence-electron chi connectivity index (χ2n) is 8.82. The fourth-order valence-electron chi connectivity index (χ4n) is 4.73. The van der Waals surface area contributed by atoms with Gasteiger partial charge in [-0.05, 0) is 35.9 Å². The van der Waals surface area contributed by atoms with Gasteiger partial charge in [-0.3, -0.25) is 19.3 Å². The van der Waals surface area contributed by atoms with E-state index < -0.39 is 17.7 Å². The Morgan fingerprint density at radius 2 is 1.65 bits per heavy atom. The van der Waals surface area contributed by atoms with Crippen molar-refractivity contribution < 1.29 is 14.4 Å². The molecule has 2 amide bonds. The Balaban J connectivity index is 1.28. The molecule has 1 aromatic heterocycles. The van der Waals surface area contributed by atoms with Crippen LogP contribution in [0.5, 0.6) is 0 Å². The van der Waals surface area contributed by atoms with E-state index in [1.54, 1.807) is 34.0 Å². The summed E-state index contributed by atoms with van der Waals surface area (Å²) in [5.74, 6) is -1.27. The Kier molecular flexibility index (Phi) is 5.77. The molecular formula is C28H20BrN5O3. The highest BCUT2D eigenvalue weighted by molar-refractivity contribution is 9.10. The SMILES string of the molecule is O=C1C(=O)N(Cc2cn([C@@H]3C(=O)N(c4ccccc4)[C@@H]3/C=C/c3ccccc3)nn2)c2ccc(Br)cc21. The molecule has 1 saturated heterocycles. The van der Waals surface area contributed by atoms with E-state index in [1.165, 1.54) is 4.90 Å². The molecule has 0 unspecified atom stereocenters. The molecule has 0 N–H and O–H groups in total. The van der Waals surface area contributed by atoms with Crippen molar-refractivity contribution in [2.75, 3.05) is 9.80 Å². The van der Waals surface area contributed by atoms with Crippen LogP contribution < -0.4 is 9.80 Å². The van der Waals surface area contributed by atoms with Gasteiger partial charge in [0, 0.05) is 10.2 Å². The summed E-state index contributed by atoms with van der Waals surface area (Å²) in [7, 11) is 0. The molecule has 2 atom stereocenters. The first-order chi connectivity index (χ1) is 18.0. The largest absolute Gasteiger partial charge is 0.301 e. The van der Waals surface area contributed by atoms with Crippen LogP contribution in [0.2, 0.25) is 0 Å². The molecule has 0 spiro atoms. The predicted molar refractivity (Wildman–Crippen MR) is 142 cm³/mol. The number of β-lactam (4-membered cyclic amide) rings is 1. The van der Waals surface area contributed by atoms with E-state index in [9.17, 15) is 14.4 Å². The minimum absolute atomic E-state index is 0.0764. The lowest BCUT2D eigenvalue weighted by Gasteiger charge is -2.45. The van der Waals surface area contributed by atoms with Gasteiger partial charge >= 0.3 is 0 Å². The highest BCUT2D eigenvalue weighted by Crippen LogP contribution is 2.37. The number of benzene rings is 3. The van der Waals surface area contributed by atoms with Gasteiger partial charge < -0.3 is 4.90 Å². The molecule has 37 heavy (non-hydrogen) atoms. The van der Waals surface area contributed by atoms with Gasteiger partial charge in [-0.2, -0.15) is 0 Å². The second kappa shape index (κ2) is 9.25. The number of rotatable bonds is 6. The van der Waals surface area contributed by atoms with Gasteiger partial charge in [-0.1, -0.05) is 81.8 Å². The number of nitrogens with zero attached hydrogens (tertiary/aromatic N) is 5. The zero-order chi connectivity index (χ0) is 25.5. The van der Waals surface area contributed by atoms with E-state index in [2.05, 4.69) is 26.2 Å². The van der Waals surface area contributed by atoms with Crippen LogP contribution in [0.1, 0.15) is 27.7 Å². The van der Waals surface area contributed by atoms with Gasteiger partial charge in [0.1, 0.15) is 5.69 Å². The van der Waals surface area contributed by atoms with Crippen LogP contribution in [0.3, 0.4) is 0 Å². The van der Waals surface area contributed by atoms with Crippen molar-refractivity contribution in [2.24, 2.45) is 0 Å². The maximum atomic E-state index is 13.3. The third kappa shape index (κ3) is 4.07. The molecule has 2 aliphatic rings. The molecule has 0 radical (unpaired) electrons. The van der Waals surface area contributed by atoms with E-state index in [0.29, 0.717) is 16.9 Å². The normalized spacial score (nSPS) is 19.0. The molecule has 2 aliphatic heterocycles. The highest BCUT2D eigenvalue weighted by atomic mass is 79.9. The standard InChI is InChI=1S/C28H20BrN5O3/c29-19-12-14-23-22(15-19)26(35)28(37)32(23)16-20-17-33(31-30-20)25-24(13-11-18-7-3-1-4-8-18)34(27(25)36)21-9-5-2-6-10-21/h1-15,17,24-25H,16H2/b13-11+/t24-,25+/m1/s1. The van der Waals surface area contributed by atoms with Gasteiger partial charge in [0.25, 0.3) is 17.6 Å². The van der Waals surface area contributed by atoms with E-state index in [0.717, 1.165) is 15.7 Å². The Hall–Kier alpha value is -4.37. The van der Waals surface area contributed by atoms with Gasteiger partial charge in [-0.25, -0.2) is 4.68 Å². The molecule has 0 saturated carbocycles. The Morgan fingerprint density at radius 3 is 2.41 bits per heavy atom. The number of carbonyl (C=O) groups is 3. The lowest BCUT2D eigenvalue weighted by Crippen LogP contribution is -2.61. The molecule has 8 nitrogen and oxygen atoms in total. The highest BCUT2D eigenvalue weighted by Gasteiger charge is 2.49.